The zero-order chi connectivity index (χ0) is 20.5. The standard InChI is InChI=1S/C21H19N5O2S/c22-16-25-21(26-18-11-13-23-14-12-18)24-15-10-17-6-8-20(9-7-17)29(27,28)19-4-2-1-3-5-19/h1-9,11-14H,10,15H2,(H2,23,24,25,26). The first-order chi connectivity index (χ1) is 14.1. The number of anilines is 1. The molecule has 3 aromatic rings. The van der Waals surface area contributed by atoms with E-state index in [0.717, 1.165) is 11.3 Å². The van der Waals surface area contributed by atoms with Crippen LogP contribution in [0.15, 0.2) is 93.9 Å². The summed E-state index contributed by atoms with van der Waals surface area (Å²) in [5.74, 6) is 0.335. The van der Waals surface area contributed by atoms with Crippen molar-refractivity contribution >= 4 is 21.5 Å². The molecule has 7 nitrogen and oxygen atoms in total. The van der Waals surface area contributed by atoms with Crippen LogP contribution in [-0.2, 0) is 16.3 Å². The highest BCUT2D eigenvalue weighted by atomic mass is 32.2. The van der Waals surface area contributed by atoms with Crippen molar-refractivity contribution < 1.29 is 8.42 Å². The number of guanidine groups is 1. The van der Waals surface area contributed by atoms with Crippen LogP contribution in [0.2, 0.25) is 0 Å². The van der Waals surface area contributed by atoms with Gasteiger partial charge in [-0.15, -0.1) is 0 Å². The summed E-state index contributed by atoms with van der Waals surface area (Å²) in [5.41, 5.74) is 1.71. The van der Waals surface area contributed by atoms with Gasteiger partial charge in [-0.05, 0) is 48.4 Å². The maximum Gasteiger partial charge on any atom is 0.209 e. The van der Waals surface area contributed by atoms with Crippen LogP contribution in [0.25, 0.3) is 0 Å². The number of aliphatic imine (C=N–C) groups is 1. The second-order valence-corrected chi connectivity index (χ2v) is 7.99. The second-order valence-electron chi connectivity index (χ2n) is 6.04. The molecule has 0 unspecified atom stereocenters. The molecule has 0 saturated heterocycles. The molecular weight excluding hydrogens is 386 g/mol. The van der Waals surface area contributed by atoms with Gasteiger partial charge in [-0.3, -0.25) is 15.3 Å². The van der Waals surface area contributed by atoms with Gasteiger partial charge in [0.15, 0.2) is 6.19 Å². The van der Waals surface area contributed by atoms with Crippen molar-refractivity contribution in [1.82, 2.24) is 10.3 Å². The number of aromatic nitrogens is 1. The average Bonchev–Trinajstić information content (AvgIpc) is 2.75. The minimum atomic E-state index is -3.52. The third kappa shape index (κ3) is 5.40. The van der Waals surface area contributed by atoms with E-state index in [1.165, 1.54) is 0 Å². The molecule has 1 aromatic heterocycles. The van der Waals surface area contributed by atoms with Gasteiger partial charge in [-0.1, -0.05) is 30.3 Å². The summed E-state index contributed by atoms with van der Waals surface area (Å²) in [6.07, 6.45) is 5.72. The van der Waals surface area contributed by atoms with Gasteiger partial charge in [0, 0.05) is 24.6 Å². The lowest BCUT2D eigenvalue weighted by Gasteiger charge is -2.08. The second kappa shape index (κ2) is 9.48. The molecule has 0 aliphatic rings. The highest BCUT2D eigenvalue weighted by molar-refractivity contribution is 7.91. The molecule has 0 saturated carbocycles. The van der Waals surface area contributed by atoms with Crippen LogP contribution in [0.4, 0.5) is 5.69 Å². The molecule has 2 N–H and O–H groups in total. The van der Waals surface area contributed by atoms with Crippen LogP contribution in [0.1, 0.15) is 5.56 Å². The first kappa shape index (κ1) is 20.0. The fourth-order valence-electron chi connectivity index (χ4n) is 2.60. The Labute approximate surface area is 169 Å². The van der Waals surface area contributed by atoms with E-state index in [1.807, 2.05) is 6.19 Å². The minimum absolute atomic E-state index is 0.252. The lowest BCUT2D eigenvalue weighted by atomic mass is 10.1. The van der Waals surface area contributed by atoms with Crippen LogP contribution in [0, 0.1) is 11.5 Å². The molecule has 8 heteroatoms. The van der Waals surface area contributed by atoms with Gasteiger partial charge >= 0.3 is 0 Å². The maximum absolute atomic E-state index is 12.6. The number of pyridine rings is 1. The van der Waals surface area contributed by atoms with Crippen molar-refractivity contribution in [3.8, 4) is 6.19 Å². The van der Waals surface area contributed by atoms with Crippen LogP contribution in [-0.4, -0.2) is 25.9 Å². The van der Waals surface area contributed by atoms with Crippen LogP contribution >= 0.6 is 0 Å². The molecule has 0 aliphatic heterocycles. The van der Waals surface area contributed by atoms with Gasteiger partial charge in [0.2, 0.25) is 15.8 Å². The van der Waals surface area contributed by atoms with E-state index in [2.05, 4.69) is 20.6 Å². The topological polar surface area (TPSA) is 107 Å². The number of sulfone groups is 1. The summed E-state index contributed by atoms with van der Waals surface area (Å²) < 4.78 is 25.2. The van der Waals surface area contributed by atoms with Crippen molar-refractivity contribution in [2.24, 2.45) is 4.99 Å². The largest absolute Gasteiger partial charge is 0.325 e. The minimum Gasteiger partial charge on any atom is -0.325 e. The molecular formula is C21H19N5O2S. The lowest BCUT2D eigenvalue weighted by molar-refractivity contribution is 0.596. The van der Waals surface area contributed by atoms with Gasteiger partial charge in [0.05, 0.1) is 9.79 Å². The fourth-order valence-corrected chi connectivity index (χ4v) is 3.89. The van der Waals surface area contributed by atoms with Gasteiger partial charge in [0.25, 0.3) is 0 Å². The Morgan fingerprint density at radius 2 is 1.62 bits per heavy atom. The van der Waals surface area contributed by atoms with E-state index in [0.29, 0.717) is 18.9 Å². The number of nitrogens with one attached hydrogen (secondary N) is 2. The first-order valence-corrected chi connectivity index (χ1v) is 10.3. The smallest absolute Gasteiger partial charge is 0.209 e. The third-order valence-electron chi connectivity index (χ3n) is 4.07. The van der Waals surface area contributed by atoms with Gasteiger partial charge < -0.3 is 5.32 Å². The molecule has 0 spiro atoms. The fraction of sp³-hybridized carbons (Fsp3) is 0.0952. The highest BCUT2D eigenvalue weighted by Gasteiger charge is 2.16. The van der Waals surface area contributed by atoms with Crippen LogP contribution in [0.5, 0.6) is 0 Å². The summed E-state index contributed by atoms with van der Waals surface area (Å²) in [4.78, 5) is 8.81. The number of benzene rings is 2. The molecule has 1 heterocycles. The summed E-state index contributed by atoms with van der Waals surface area (Å²) in [7, 11) is -3.52. The average molecular weight is 405 g/mol. The molecule has 0 aliphatic carbocycles. The Morgan fingerprint density at radius 3 is 2.28 bits per heavy atom. The van der Waals surface area contributed by atoms with Crippen molar-refractivity contribution in [3.05, 3.63) is 84.7 Å². The van der Waals surface area contributed by atoms with Gasteiger partial charge in [-0.25, -0.2) is 8.42 Å². The molecule has 0 amide bonds. The van der Waals surface area contributed by atoms with Crippen molar-refractivity contribution in [3.63, 3.8) is 0 Å². The molecule has 0 bridgehead atoms. The van der Waals surface area contributed by atoms with Crippen molar-refractivity contribution in [2.75, 3.05) is 11.9 Å². The predicted octanol–water partition coefficient (Wildman–Crippen LogP) is 3.00. The molecule has 0 atom stereocenters. The zero-order valence-corrected chi connectivity index (χ0v) is 16.3. The van der Waals surface area contributed by atoms with E-state index in [4.69, 9.17) is 5.26 Å². The number of nitrogens with zero attached hydrogens (tertiary/aromatic N) is 3. The number of hydrogen-bond acceptors (Lipinski definition) is 5. The number of hydrogen-bond donors (Lipinski definition) is 2. The maximum atomic E-state index is 12.6. The van der Waals surface area contributed by atoms with E-state index in [1.54, 1.807) is 79.1 Å². The number of nitriles is 1. The Kier molecular flexibility index (Phi) is 6.55. The first-order valence-electron chi connectivity index (χ1n) is 8.85. The molecule has 0 fully saturated rings. The quantitative estimate of drug-likeness (QED) is 0.283. The predicted molar refractivity (Wildman–Crippen MR) is 111 cm³/mol. The lowest BCUT2D eigenvalue weighted by Crippen LogP contribution is -2.27. The molecule has 0 radical (unpaired) electrons. The molecule has 2 aromatic carbocycles. The van der Waals surface area contributed by atoms with E-state index >= 15 is 0 Å². The van der Waals surface area contributed by atoms with Crippen molar-refractivity contribution in [2.45, 2.75) is 16.2 Å². The monoisotopic (exact) mass is 405 g/mol. The Morgan fingerprint density at radius 1 is 0.966 bits per heavy atom. The highest BCUT2D eigenvalue weighted by Crippen LogP contribution is 2.20. The van der Waals surface area contributed by atoms with Gasteiger partial charge in [0.1, 0.15) is 0 Å². The Balaban J connectivity index is 1.65. The van der Waals surface area contributed by atoms with Crippen molar-refractivity contribution in [1.29, 1.82) is 5.26 Å². The van der Waals surface area contributed by atoms with E-state index < -0.39 is 9.84 Å². The molecule has 3 rings (SSSR count). The Hall–Kier alpha value is -3.70. The van der Waals surface area contributed by atoms with E-state index in [-0.39, 0.29) is 9.79 Å². The molecule has 29 heavy (non-hydrogen) atoms. The third-order valence-corrected chi connectivity index (χ3v) is 5.86. The Bertz CT molecular complexity index is 1110. The molecule has 146 valence electrons. The van der Waals surface area contributed by atoms with E-state index in [9.17, 15) is 8.42 Å². The summed E-state index contributed by atoms with van der Waals surface area (Å²) >= 11 is 0. The number of rotatable bonds is 6. The van der Waals surface area contributed by atoms with Crippen LogP contribution < -0.4 is 10.6 Å². The zero-order valence-electron chi connectivity index (χ0n) is 15.5. The summed E-state index contributed by atoms with van der Waals surface area (Å²) in [6, 6.07) is 18.6. The summed E-state index contributed by atoms with van der Waals surface area (Å²) in [5, 5.41) is 14.4. The van der Waals surface area contributed by atoms with Crippen LogP contribution in [0.3, 0.4) is 0 Å². The SMILES string of the molecule is N#CNC(=NCCc1ccc(S(=O)(=O)c2ccccc2)cc1)Nc1ccncc1. The van der Waals surface area contributed by atoms with Gasteiger partial charge in [-0.2, -0.15) is 5.26 Å². The summed E-state index contributed by atoms with van der Waals surface area (Å²) in [6.45, 7) is 0.423. The normalized spacial score (nSPS) is 11.5.